The summed E-state index contributed by atoms with van der Waals surface area (Å²) >= 11 is 9.23. The van der Waals surface area contributed by atoms with Gasteiger partial charge in [0.2, 0.25) is 10.0 Å². The predicted octanol–water partition coefficient (Wildman–Crippen LogP) is 3.09. The topological polar surface area (TPSA) is 58.2 Å². The minimum absolute atomic E-state index is 0. The molecule has 0 saturated carbocycles. The molecule has 0 radical (unpaired) electrons. The Labute approximate surface area is 144 Å². The number of nitrogens with one attached hydrogen (secondary N) is 2. The smallest absolute Gasteiger partial charge is 0.240 e. The Hall–Kier alpha value is 0.150. The summed E-state index contributed by atoms with van der Waals surface area (Å²) in [4.78, 5) is 0.219. The normalized spacial score (nSPS) is 28.2. The number of hydrogen-bond donors (Lipinski definition) is 2. The molecule has 21 heavy (non-hydrogen) atoms. The van der Waals surface area contributed by atoms with E-state index >= 15 is 0 Å². The Morgan fingerprint density at radius 2 is 1.86 bits per heavy atom. The van der Waals surface area contributed by atoms with Crippen molar-refractivity contribution >= 4 is 50.0 Å². The van der Waals surface area contributed by atoms with Crippen LogP contribution in [-0.4, -0.2) is 26.5 Å². The number of piperidine rings is 1. The molecule has 0 aliphatic carbocycles. The highest BCUT2D eigenvalue weighted by atomic mass is 79.9. The largest absolute Gasteiger partial charge is 0.311 e. The van der Waals surface area contributed by atoms with Gasteiger partial charge in [-0.15, -0.1) is 12.4 Å². The summed E-state index contributed by atoms with van der Waals surface area (Å²) in [5.41, 5.74) is 0. The van der Waals surface area contributed by atoms with E-state index in [2.05, 4.69) is 26.0 Å². The molecule has 1 aromatic carbocycles. The molecule has 0 aromatic heterocycles. The van der Waals surface area contributed by atoms with E-state index < -0.39 is 10.0 Å². The van der Waals surface area contributed by atoms with Gasteiger partial charge in [-0.25, -0.2) is 13.1 Å². The van der Waals surface area contributed by atoms with Crippen LogP contribution in [-0.2, 0) is 10.0 Å². The van der Waals surface area contributed by atoms with Crippen LogP contribution in [0.15, 0.2) is 27.6 Å². The molecule has 2 N–H and O–H groups in total. The number of hydrogen-bond acceptors (Lipinski definition) is 3. The van der Waals surface area contributed by atoms with Gasteiger partial charge < -0.3 is 5.32 Å². The lowest BCUT2D eigenvalue weighted by Gasteiger charge is -2.29. The molecule has 1 aromatic rings. The lowest BCUT2D eigenvalue weighted by atomic mass is 10.0. The first-order chi connectivity index (χ1) is 9.44. The monoisotopic (exact) mass is 414 g/mol. The number of halogens is 3. The molecular weight excluding hydrogens is 399 g/mol. The van der Waals surface area contributed by atoms with E-state index in [1.165, 1.54) is 6.07 Å². The molecule has 2 bridgehead atoms. The molecule has 2 heterocycles. The zero-order chi connectivity index (χ0) is 14.3. The molecule has 2 atom stereocenters. The first-order valence-electron chi connectivity index (χ1n) is 6.67. The van der Waals surface area contributed by atoms with Gasteiger partial charge in [0.25, 0.3) is 0 Å². The summed E-state index contributed by atoms with van der Waals surface area (Å²) in [7, 11) is -3.50. The minimum atomic E-state index is -3.50. The molecule has 0 spiro atoms. The lowest BCUT2D eigenvalue weighted by molar-refractivity contribution is 0.345. The molecular formula is C13H17BrCl2N2O2S. The summed E-state index contributed by atoms with van der Waals surface area (Å²) in [6.45, 7) is 0. The fourth-order valence-corrected chi connectivity index (χ4v) is 4.86. The first kappa shape index (κ1) is 17.5. The van der Waals surface area contributed by atoms with Gasteiger partial charge >= 0.3 is 0 Å². The van der Waals surface area contributed by atoms with E-state index in [4.69, 9.17) is 11.6 Å². The van der Waals surface area contributed by atoms with Gasteiger partial charge in [-0.1, -0.05) is 11.6 Å². The van der Waals surface area contributed by atoms with Crippen LogP contribution in [0.4, 0.5) is 0 Å². The molecule has 2 aliphatic heterocycles. The summed E-state index contributed by atoms with van der Waals surface area (Å²) in [5, 5.41) is 3.90. The van der Waals surface area contributed by atoms with E-state index in [1.807, 2.05) is 0 Å². The van der Waals surface area contributed by atoms with Crippen molar-refractivity contribution in [3.05, 3.63) is 27.7 Å². The fourth-order valence-electron chi connectivity index (χ4n) is 3.08. The predicted molar refractivity (Wildman–Crippen MR) is 89.7 cm³/mol. The molecule has 2 aliphatic rings. The van der Waals surface area contributed by atoms with Crippen LogP contribution in [0, 0.1) is 0 Å². The van der Waals surface area contributed by atoms with Crippen molar-refractivity contribution in [3.8, 4) is 0 Å². The van der Waals surface area contributed by atoms with Crippen LogP contribution in [0.25, 0.3) is 0 Å². The van der Waals surface area contributed by atoms with E-state index in [1.54, 1.807) is 12.1 Å². The average Bonchev–Trinajstić information content (AvgIpc) is 2.71. The highest BCUT2D eigenvalue weighted by Crippen LogP contribution is 2.29. The van der Waals surface area contributed by atoms with Gasteiger partial charge in [0, 0.05) is 22.6 Å². The van der Waals surface area contributed by atoms with E-state index in [-0.39, 0.29) is 23.3 Å². The third-order valence-corrected chi connectivity index (χ3v) is 6.75. The minimum Gasteiger partial charge on any atom is -0.311 e. The van der Waals surface area contributed by atoms with Crippen LogP contribution < -0.4 is 10.0 Å². The zero-order valence-electron chi connectivity index (χ0n) is 11.2. The molecule has 2 saturated heterocycles. The van der Waals surface area contributed by atoms with Crippen molar-refractivity contribution in [2.24, 2.45) is 0 Å². The summed E-state index contributed by atoms with van der Waals surface area (Å²) < 4.78 is 28.3. The Morgan fingerprint density at radius 3 is 2.43 bits per heavy atom. The highest BCUT2D eigenvalue weighted by Gasteiger charge is 2.35. The molecule has 2 unspecified atom stereocenters. The zero-order valence-corrected chi connectivity index (χ0v) is 15.2. The van der Waals surface area contributed by atoms with Crippen LogP contribution in [0.5, 0.6) is 0 Å². The van der Waals surface area contributed by atoms with E-state index in [9.17, 15) is 8.42 Å². The Bertz CT molecular complexity index is 615. The summed E-state index contributed by atoms with van der Waals surface area (Å²) in [6, 6.07) is 5.62. The third kappa shape index (κ3) is 3.92. The Balaban J connectivity index is 0.00000161. The second-order valence-electron chi connectivity index (χ2n) is 5.50. The van der Waals surface area contributed by atoms with Crippen LogP contribution in [0.2, 0.25) is 5.02 Å². The third-order valence-electron chi connectivity index (χ3n) is 4.00. The molecule has 2 fully saturated rings. The SMILES string of the molecule is Cl.O=S(=O)(NC1CC2CCC(C1)N2)c1ccc(Br)c(Cl)c1. The van der Waals surface area contributed by atoms with Crippen molar-refractivity contribution in [1.82, 2.24) is 10.0 Å². The standard InChI is InChI=1S/C13H16BrClN2O2S.ClH/c14-12-4-3-11(7-13(12)15)20(18,19)17-10-5-8-1-2-9(6-10)16-8;/h3-4,7-10,16-17H,1-2,5-6H2;1H. The fraction of sp³-hybridized carbons (Fsp3) is 0.538. The van der Waals surface area contributed by atoms with Crippen molar-refractivity contribution in [2.45, 2.75) is 48.7 Å². The second-order valence-corrected chi connectivity index (χ2v) is 8.48. The van der Waals surface area contributed by atoms with Crippen molar-refractivity contribution in [1.29, 1.82) is 0 Å². The van der Waals surface area contributed by atoms with Crippen molar-refractivity contribution in [3.63, 3.8) is 0 Å². The number of sulfonamides is 1. The van der Waals surface area contributed by atoms with Crippen LogP contribution >= 0.6 is 39.9 Å². The van der Waals surface area contributed by atoms with Crippen LogP contribution in [0.1, 0.15) is 25.7 Å². The first-order valence-corrected chi connectivity index (χ1v) is 9.33. The molecule has 118 valence electrons. The maximum Gasteiger partial charge on any atom is 0.240 e. The number of fused-ring (bicyclic) bond motifs is 2. The summed E-state index contributed by atoms with van der Waals surface area (Å²) in [6.07, 6.45) is 4.01. The van der Waals surface area contributed by atoms with Crippen LogP contribution in [0.3, 0.4) is 0 Å². The van der Waals surface area contributed by atoms with E-state index in [0.29, 0.717) is 21.6 Å². The van der Waals surface area contributed by atoms with Crippen molar-refractivity contribution in [2.75, 3.05) is 0 Å². The second kappa shape index (κ2) is 6.72. The highest BCUT2D eigenvalue weighted by molar-refractivity contribution is 9.10. The van der Waals surface area contributed by atoms with Gasteiger partial charge in [0.1, 0.15) is 0 Å². The van der Waals surface area contributed by atoms with Gasteiger partial charge in [0.15, 0.2) is 0 Å². The quantitative estimate of drug-likeness (QED) is 0.797. The molecule has 8 heteroatoms. The maximum absolute atomic E-state index is 12.4. The van der Waals surface area contributed by atoms with Gasteiger partial charge in [-0.05, 0) is 59.8 Å². The molecule has 3 rings (SSSR count). The van der Waals surface area contributed by atoms with Crippen molar-refractivity contribution < 1.29 is 8.42 Å². The Kier molecular flexibility index (Phi) is 5.60. The maximum atomic E-state index is 12.4. The van der Waals surface area contributed by atoms with E-state index in [0.717, 1.165) is 25.7 Å². The van der Waals surface area contributed by atoms with Gasteiger partial charge in [0.05, 0.1) is 9.92 Å². The number of benzene rings is 1. The molecule has 4 nitrogen and oxygen atoms in total. The molecule has 0 amide bonds. The van der Waals surface area contributed by atoms with Gasteiger partial charge in [-0.2, -0.15) is 0 Å². The van der Waals surface area contributed by atoms with Gasteiger partial charge in [-0.3, -0.25) is 0 Å². The summed E-state index contributed by atoms with van der Waals surface area (Å²) in [5.74, 6) is 0. The number of rotatable bonds is 3. The Morgan fingerprint density at radius 1 is 1.24 bits per heavy atom. The lowest BCUT2D eigenvalue weighted by Crippen LogP contribution is -2.47. The average molecular weight is 416 g/mol.